The van der Waals surface area contributed by atoms with Crippen LogP contribution in [0.2, 0.25) is 0 Å². The highest BCUT2D eigenvalue weighted by molar-refractivity contribution is 5.57. The summed E-state index contributed by atoms with van der Waals surface area (Å²) < 4.78 is 4.49. The van der Waals surface area contributed by atoms with Gasteiger partial charge >= 0.3 is 6.16 Å². The van der Waals surface area contributed by atoms with E-state index in [2.05, 4.69) is 4.74 Å². The predicted octanol–water partition coefficient (Wildman–Crippen LogP) is 0.910. The maximum Gasteiger partial charge on any atom is 0.507 e. The minimum absolute atomic E-state index is 0.652. The molecule has 0 unspecified atom stereocenters. The van der Waals surface area contributed by atoms with Crippen molar-refractivity contribution in [3.05, 3.63) is 0 Å². The molecule has 0 bridgehead atoms. The molecule has 4 nitrogen and oxygen atoms in total. The van der Waals surface area contributed by atoms with Crippen LogP contribution in [0.15, 0.2) is 0 Å². The Morgan fingerprint density at radius 3 is 2.40 bits per heavy atom. The Hall–Kier alpha value is -0.770. The van der Waals surface area contributed by atoms with E-state index in [-0.39, 0.29) is 0 Å². The van der Waals surface area contributed by atoms with E-state index in [0.717, 1.165) is 12.8 Å². The van der Waals surface area contributed by atoms with Gasteiger partial charge in [-0.3, -0.25) is 5.73 Å². The summed E-state index contributed by atoms with van der Waals surface area (Å²) in [6, 6.07) is 0. The van der Waals surface area contributed by atoms with E-state index in [0.29, 0.717) is 12.8 Å². The van der Waals surface area contributed by atoms with Crippen LogP contribution in [0.1, 0.15) is 25.7 Å². The van der Waals surface area contributed by atoms with Gasteiger partial charge in [0.05, 0.1) is 0 Å². The van der Waals surface area contributed by atoms with Crippen LogP contribution in [0, 0.1) is 0 Å². The zero-order chi connectivity index (χ0) is 7.61. The fraction of sp³-hybridized carbons (Fsp3) is 0.833. The summed E-state index contributed by atoms with van der Waals surface area (Å²) in [5.41, 5.74) is 4.67. The number of hydrogen-bond acceptors (Lipinski definition) is 3. The van der Waals surface area contributed by atoms with E-state index in [4.69, 9.17) is 10.8 Å². The normalized spacial score (nSPS) is 22.5. The lowest BCUT2D eigenvalue weighted by Gasteiger charge is -2.20. The van der Waals surface area contributed by atoms with Crippen molar-refractivity contribution in [3.8, 4) is 0 Å². The molecule has 0 aromatic rings. The van der Waals surface area contributed by atoms with E-state index in [9.17, 15) is 4.79 Å². The lowest BCUT2D eigenvalue weighted by molar-refractivity contribution is -0.0109. The van der Waals surface area contributed by atoms with Gasteiger partial charge in [-0.15, -0.1) is 0 Å². The van der Waals surface area contributed by atoms with Gasteiger partial charge in [-0.25, -0.2) is 4.79 Å². The molecule has 1 aliphatic carbocycles. The van der Waals surface area contributed by atoms with Gasteiger partial charge in [-0.2, -0.15) is 0 Å². The maximum absolute atomic E-state index is 10.1. The second-order valence-electron chi connectivity index (χ2n) is 2.64. The molecule has 1 rings (SSSR count). The van der Waals surface area contributed by atoms with Crippen molar-refractivity contribution < 1.29 is 14.6 Å². The summed E-state index contributed by atoms with van der Waals surface area (Å²) >= 11 is 0. The maximum atomic E-state index is 10.1. The van der Waals surface area contributed by atoms with Crippen LogP contribution in [0.3, 0.4) is 0 Å². The highest BCUT2D eigenvalue weighted by Crippen LogP contribution is 2.27. The molecule has 0 aromatic carbocycles. The first-order valence-corrected chi connectivity index (χ1v) is 3.33. The molecule has 0 spiro atoms. The Labute approximate surface area is 59.0 Å². The van der Waals surface area contributed by atoms with Crippen LogP contribution in [0.5, 0.6) is 0 Å². The third-order valence-electron chi connectivity index (χ3n) is 1.74. The Balaban J connectivity index is 2.43. The summed E-state index contributed by atoms with van der Waals surface area (Å²) in [5.74, 6) is 0. The molecule has 10 heavy (non-hydrogen) atoms. The fourth-order valence-electron chi connectivity index (χ4n) is 1.25. The number of rotatable bonds is 1. The second-order valence-corrected chi connectivity index (χ2v) is 2.64. The number of ether oxygens (including phenoxy) is 1. The standard InChI is InChI=1S/C6H11NO3/c7-6(10-5(8)9)3-1-2-4-6/h1-4,7H2,(H,8,9). The zero-order valence-corrected chi connectivity index (χ0v) is 5.67. The van der Waals surface area contributed by atoms with E-state index in [1.807, 2.05) is 0 Å². The van der Waals surface area contributed by atoms with Crippen molar-refractivity contribution in [1.82, 2.24) is 0 Å². The molecule has 1 saturated carbocycles. The van der Waals surface area contributed by atoms with Crippen LogP contribution in [0.25, 0.3) is 0 Å². The van der Waals surface area contributed by atoms with Crippen molar-refractivity contribution in [1.29, 1.82) is 0 Å². The van der Waals surface area contributed by atoms with Crippen LogP contribution in [-0.4, -0.2) is 17.0 Å². The summed E-state index contributed by atoms with van der Waals surface area (Å²) in [6.45, 7) is 0. The van der Waals surface area contributed by atoms with Gasteiger partial charge in [0.2, 0.25) is 0 Å². The molecule has 0 atom stereocenters. The lowest BCUT2D eigenvalue weighted by atomic mass is 10.2. The lowest BCUT2D eigenvalue weighted by Crippen LogP contribution is -2.41. The first kappa shape index (κ1) is 7.34. The van der Waals surface area contributed by atoms with Crippen LogP contribution >= 0.6 is 0 Å². The van der Waals surface area contributed by atoms with Crippen molar-refractivity contribution in [2.45, 2.75) is 31.4 Å². The summed E-state index contributed by atoms with van der Waals surface area (Å²) in [5, 5.41) is 8.24. The molecular weight excluding hydrogens is 134 g/mol. The second kappa shape index (κ2) is 2.46. The van der Waals surface area contributed by atoms with Gasteiger partial charge < -0.3 is 9.84 Å². The third-order valence-corrected chi connectivity index (χ3v) is 1.74. The first-order valence-electron chi connectivity index (χ1n) is 3.33. The molecule has 58 valence electrons. The van der Waals surface area contributed by atoms with E-state index >= 15 is 0 Å². The third kappa shape index (κ3) is 1.60. The zero-order valence-electron chi connectivity index (χ0n) is 5.67. The van der Waals surface area contributed by atoms with E-state index in [1.165, 1.54) is 0 Å². The van der Waals surface area contributed by atoms with Crippen LogP contribution in [-0.2, 0) is 4.74 Å². The number of carbonyl (C=O) groups is 1. The smallest absolute Gasteiger partial charge is 0.450 e. The van der Waals surface area contributed by atoms with Crippen molar-refractivity contribution in [3.63, 3.8) is 0 Å². The molecule has 0 amide bonds. The van der Waals surface area contributed by atoms with Gasteiger partial charge in [-0.1, -0.05) is 0 Å². The van der Waals surface area contributed by atoms with Crippen LogP contribution in [0.4, 0.5) is 4.79 Å². The fourth-order valence-corrected chi connectivity index (χ4v) is 1.25. The highest BCUT2D eigenvalue weighted by Gasteiger charge is 2.33. The minimum Gasteiger partial charge on any atom is -0.450 e. The van der Waals surface area contributed by atoms with Gasteiger partial charge in [0.25, 0.3) is 0 Å². The van der Waals surface area contributed by atoms with Crippen molar-refractivity contribution in [2.24, 2.45) is 5.73 Å². The van der Waals surface area contributed by atoms with E-state index in [1.54, 1.807) is 0 Å². The summed E-state index contributed by atoms with van der Waals surface area (Å²) in [6.07, 6.45) is 1.95. The molecule has 0 radical (unpaired) electrons. The SMILES string of the molecule is NC1(OC(=O)O)CCCC1. The molecule has 1 fully saturated rings. The Bertz CT molecular complexity index is 140. The molecular formula is C6H11NO3. The van der Waals surface area contributed by atoms with Gasteiger partial charge in [0.1, 0.15) is 0 Å². The molecule has 4 heteroatoms. The molecule has 3 N–H and O–H groups in total. The van der Waals surface area contributed by atoms with Gasteiger partial charge in [0, 0.05) is 12.8 Å². The van der Waals surface area contributed by atoms with Gasteiger partial charge in [-0.05, 0) is 12.8 Å². The Kier molecular flexibility index (Phi) is 1.80. The molecule has 0 aromatic heterocycles. The number of carboxylic acid groups (broad SMARTS) is 1. The monoisotopic (exact) mass is 145 g/mol. The minimum atomic E-state index is -1.27. The molecule has 0 heterocycles. The first-order chi connectivity index (χ1) is 4.62. The Morgan fingerprint density at radius 1 is 1.50 bits per heavy atom. The topological polar surface area (TPSA) is 72.5 Å². The molecule has 0 saturated heterocycles. The largest absolute Gasteiger partial charge is 0.507 e. The molecule has 0 aliphatic heterocycles. The molecule has 1 aliphatic rings. The van der Waals surface area contributed by atoms with Gasteiger partial charge in [0.15, 0.2) is 5.72 Å². The Morgan fingerprint density at radius 2 is 2.00 bits per heavy atom. The number of hydrogen-bond donors (Lipinski definition) is 2. The number of nitrogens with two attached hydrogens (primary N) is 1. The summed E-state index contributed by atoms with van der Waals surface area (Å²) in [7, 11) is 0. The average molecular weight is 145 g/mol. The summed E-state index contributed by atoms with van der Waals surface area (Å²) in [4.78, 5) is 10.1. The van der Waals surface area contributed by atoms with Crippen LogP contribution < -0.4 is 5.73 Å². The van der Waals surface area contributed by atoms with Crippen molar-refractivity contribution >= 4 is 6.16 Å². The quantitative estimate of drug-likeness (QED) is 0.425. The van der Waals surface area contributed by atoms with Crippen molar-refractivity contribution in [2.75, 3.05) is 0 Å². The van der Waals surface area contributed by atoms with E-state index < -0.39 is 11.9 Å². The highest BCUT2D eigenvalue weighted by atomic mass is 16.7. The predicted molar refractivity (Wildman–Crippen MR) is 34.5 cm³/mol. The average Bonchev–Trinajstić information content (AvgIpc) is 2.12.